The van der Waals surface area contributed by atoms with Crippen molar-refractivity contribution in [2.75, 3.05) is 12.4 Å². The zero-order valence-electron chi connectivity index (χ0n) is 12.5. The van der Waals surface area contributed by atoms with E-state index >= 15 is 0 Å². The Hall–Kier alpha value is -1.58. The van der Waals surface area contributed by atoms with Crippen LogP contribution in [0.4, 0.5) is 5.82 Å². The third-order valence-corrected chi connectivity index (χ3v) is 4.80. The number of rotatable bonds is 3. The number of carbonyl (C=O) groups excluding carboxylic acids is 1. The van der Waals surface area contributed by atoms with Crippen molar-refractivity contribution < 1.29 is 9.53 Å². The molecular weight excluding hydrogens is 240 g/mol. The van der Waals surface area contributed by atoms with E-state index in [0.717, 1.165) is 5.82 Å². The molecule has 1 fully saturated rings. The molecule has 1 aliphatic rings. The van der Waals surface area contributed by atoms with Gasteiger partial charge in [-0.1, -0.05) is 27.7 Å². The molecule has 0 bridgehead atoms. The normalized spacial score (nSPS) is 19.9. The van der Waals surface area contributed by atoms with Gasteiger partial charge in [0, 0.05) is 6.04 Å². The van der Waals surface area contributed by atoms with Gasteiger partial charge in [-0.2, -0.15) is 0 Å². The van der Waals surface area contributed by atoms with Gasteiger partial charge in [-0.15, -0.1) is 0 Å². The SMILES string of the molecule is COC(=O)c1ccc(NC2C(C)(C)C2(C)C)nc1C. The van der Waals surface area contributed by atoms with Crippen LogP contribution in [0.25, 0.3) is 0 Å². The first-order valence-corrected chi connectivity index (χ1v) is 6.54. The minimum atomic E-state index is -0.344. The summed E-state index contributed by atoms with van der Waals surface area (Å²) in [5.74, 6) is 0.470. The van der Waals surface area contributed by atoms with Crippen molar-refractivity contribution in [1.82, 2.24) is 4.98 Å². The van der Waals surface area contributed by atoms with Gasteiger partial charge >= 0.3 is 5.97 Å². The van der Waals surface area contributed by atoms with E-state index in [4.69, 9.17) is 4.74 Å². The van der Waals surface area contributed by atoms with Crippen LogP contribution in [0.15, 0.2) is 12.1 Å². The molecule has 0 spiro atoms. The van der Waals surface area contributed by atoms with E-state index < -0.39 is 0 Å². The second-order valence-electron chi connectivity index (χ2n) is 6.34. The van der Waals surface area contributed by atoms with Gasteiger partial charge < -0.3 is 10.1 Å². The molecule has 0 radical (unpaired) electrons. The third kappa shape index (κ3) is 2.09. The van der Waals surface area contributed by atoms with E-state index in [1.165, 1.54) is 7.11 Å². The lowest BCUT2D eigenvalue weighted by molar-refractivity contribution is 0.0599. The van der Waals surface area contributed by atoms with Gasteiger partial charge in [-0.25, -0.2) is 9.78 Å². The number of nitrogens with one attached hydrogen (secondary N) is 1. The molecule has 4 heteroatoms. The van der Waals surface area contributed by atoms with Crippen LogP contribution < -0.4 is 5.32 Å². The molecule has 1 N–H and O–H groups in total. The highest BCUT2D eigenvalue weighted by Crippen LogP contribution is 2.63. The number of aromatic nitrogens is 1. The predicted octanol–water partition coefficient (Wildman–Crippen LogP) is 3.02. The fraction of sp³-hybridized carbons (Fsp3) is 0.600. The number of methoxy groups -OCH3 is 1. The number of hydrogen-bond donors (Lipinski definition) is 1. The van der Waals surface area contributed by atoms with Crippen LogP contribution in [0.5, 0.6) is 0 Å². The molecule has 1 heterocycles. The first-order valence-electron chi connectivity index (χ1n) is 6.54. The van der Waals surface area contributed by atoms with Crippen LogP contribution in [0.1, 0.15) is 43.7 Å². The van der Waals surface area contributed by atoms with Crippen molar-refractivity contribution in [3.63, 3.8) is 0 Å². The van der Waals surface area contributed by atoms with Crippen LogP contribution in [-0.4, -0.2) is 24.1 Å². The molecule has 0 aromatic carbocycles. The minimum Gasteiger partial charge on any atom is -0.465 e. The van der Waals surface area contributed by atoms with Crippen molar-refractivity contribution in [1.29, 1.82) is 0 Å². The average molecular weight is 262 g/mol. The van der Waals surface area contributed by atoms with Crippen LogP contribution >= 0.6 is 0 Å². The number of anilines is 1. The molecule has 104 valence electrons. The maximum Gasteiger partial charge on any atom is 0.339 e. The summed E-state index contributed by atoms with van der Waals surface area (Å²) in [5, 5.41) is 3.46. The lowest BCUT2D eigenvalue weighted by atomic mass is 10.0. The summed E-state index contributed by atoms with van der Waals surface area (Å²) < 4.78 is 4.72. The summed E-state index contributed by atoms with van der Waals surface area (Å²) in [7, 11) is 1.38. The van der Waals surface area contributed by atoms with E-state index in [2.05, 4.69) is 38.0 Å². The van der Waals surface area contributed by atoms with E-state index in [9.17, 15) is 4.79 Å². The Kier molecular flexibility index (Phi) is 3.07. The largest absolute Gasteiger partial charge is 0.465 e. The number of carbonyl (C=O) groups is 1. The van der Waals surface area contributed by atoms with E-state index in [1.807, 2.05) is 13.0 Å². The Bertz CT molecular complexity index is 507. The standard InChI is InChI=1S/C15H22N2O2/c1-9-10(12(18)19-6)7-8-11(16-9)17-13-14(2,3)15(13,4)5/h7-8,13H,1-6H3,(H,16,17). The fourth-order valence-electron chi connectivity index (χ4n) is 2.67. The van der Waals surface area contributed by atoms with Crippen molar-refractivity contribution >= 4 is 11.8 Å². The summed E-state index contributed by atoms with van der Waals surface area (Å²) in [4.78, 5) is 15.9. The number of pyridine rings is 1. The molecule has 4 nitrogen and oxygen atoms in total. The van der Waals surface area contributed by atoms with Crippen LogP contribution in [0.2, 0.25) is 0 Å². The maximum absolute atomic E-state index is 11.5. The maximum atomic E-state index is 11.5. The molecule has 0 atom stereocenters. The summed E-state index contributed by atoms with van der Waals surface area (Å²) in [6.45, 7) is 10.8. The molecule has 0 amide bonds. The molecule has 1 saturated carbocycles. The van der Waals surface area contributed by atoms with Crippen molar-refractivity contribution in [3.8, 4) is 0 Å². The quantitative estimate of drug-likeness (QED) is 0.851. The Balaban J connectivity index is 2.17. The molecule has 0 unspecified atom stereocenters. The summed E-state index contributed by atoms with van der Waals surface area (Å²) in [5.41, 5.74) is 1.71. The first kappa shape index (κ1) is 13.8. The molecule has 0 saturated heterocycles. The van der Waals surface area contributed by atoms with Crippen molar-refractivity contribution in [2.24, 2.45) is 10.8 Å². The molecule has 1 aromatic rings. The van der Waals surface area contributed by atoms with Gasteiger partial charge in [-0.05, 0) is 29.9 Å². The predicted molar refractivity (Wildman–Crippen MR) is 75.3 cm³/mol. The smallest absolute Gasteiger partial charge is 0.339 e. The number of esters is 1. The van der Waals surface area contributed by atoms with Gasteiger partial charge in [0.15, 0.2) is 0 Å². The topological polar surface area (TPSA) is 51.2 Å². The van der Waals surface area contributed by atoms with E-state index in [0.29, 0.717) is 17.3 Å². The zero-order chi connectivity index (χ0) is 14.4. The van der Waals surface area contributed by atoms with E-state index in [1.54, 1.807) is 6.07 Å². The van der Waals surface area contributed by atoms with Gasteiger partial charge in [0.1, 0.15) is 5.82 Å². The lowest BCUT2D eigenvalue weighted by Crippen LogP contribution is -2.13. The Morgan fingerprint density at radius 1 is 1.26 bits per heavy atom. The minimum absolute atomic E-state index is 0.254. The second kappa shape index (κ2) is 4.22. The molecule has 0 aliphatic heterocycles. The Morgan fingerprint density at radius 2 is 1.84 bits per heavy atom. The number of ether oxygens (including phenoxy) is 1. The fourth-order valence-corrected chi connectivity index (χ4v) is 2.67. The van der Waals surface area contributed by atoms with Crippen molar-refractivity contribution in [2.45, 2.75) is 40.7 Å². The van der Waals surface area contributed by atoms with Gasteiger partial charge in [0.25, 0.3) is 0 Å². The van der Waals surface area contributed by atoms with Gasteiger partial charge in [0.05, 0.1) is 18.4 Å². The van der Waals surface area contributed by atoms with Gasteiger partial charge in [-0.3, -0.25) is 0 Å². The molecule has 1 aliphatic carbocycles. The second-order valence-corrected chi connectivity index (χ2v) is 6.34. The first-order chi connectivity index (χ1) is 8.71. The monoisotopic (exact) mass is 262 g/mol. The third-order valence-electron chi connectivity index (χ3n) is 4.80. The number of hydrogen-bond acceptors (Lipinski definition) is 4. The highest BCUT2D eigenvalue weighted by molar-refractivity contribution is 5.90. The van der Waals surface area contributed by atoms with Crippen LogP contribution in [0.3, 0.4) is 0 Å². The Labute approximate surface area is 114 Å². The summed E-state index contributed by atoms with van der Waals surface area (Å²) in [6, 6.07) is 4.00. The lowest BCUT2D eigenvalue weighted by Gasteiger charge is -2.10. The molecular formula is C15H22N2O2. The highest BCUT2D eigenvalue weighted by atomic mass is 16.5. The molecule has 19 heavy (non-hydrogen) atoms. The zero-order valence-corrected chi connectivity index (χ0v) is 12.5. The highest BCUT2D eigenvalue weighted by Gasteiger charge is 2.65. The van der Waals surface area contributed by atoms with Crippen LogP contribution in [0, 0.1) is 17.8 Å². The molecule has 1 aromatic heterocycles. The summed E-state index contributed by atoms with van der Waals surface area (Å²) >= 11 is 0. The Morgan fingerprint density at radius 3 is 2.26 bits per heavy atom. The average Bonchev–Trinajstić information content (AvgIpc) is 2.71. The van der Waals surface area contributed by atoms with Gasteiger partial charge in [0.2, 0.25) is 0 Å². The molecule has 2 rings (SSSR count). The summed E-state index contributed by atoms with van der Waals surface area (Å²) in [6.07, 6.45) is 0. The number of aryl methyl sites for hydroxylation is 1. The van der Waals surface area contributed by atoms with E-state index in [-0.39, 0.29) is 16.8 Å². The van der Waals surface area contributed by atoms with Crippen molar-refractivity contribution in [3.05, 3.63) is 23.4 Å². The number of nitrogens with zero attached hydrogens (tertiary/aromatic N) is 1. The van der Waals surface area contributed by atoms with Crippen LogP contribution in [-0.2, 0) is 4.74 Å².